The van der Waals surface area contributed by atoms with Crippen molar-refractivity contribution in [2.24, 2.45) is 0 Å². The Morgan fingerprint density at radius 2 is 2.42 bits per heavy atom. The first-order valence-corrected chi connectivity index (χ1v) is 7.96. The molecular weight excluding hydrogens is 258 g/mol. The van der Waals surface area contributed by atoms with E-state index in [1.54, 1.807) is 0 Å². The summed E-state index contributed by atoms with van der Waals surface area (Å²) in [7, 11) is 2.06. The summed E-state index contributed by atoms with van der Waals surface area (Å²) in [6.45, 7) is 1.26. The van der Waals surface area contributed by atoms with Crippen LogP contribution in [0.5, 0.6) is 5.75 Å². The van der Waals surface area contributed by atoms with Gasteiger partial charge < -0.3 is 4.74 Å². The normalized spacial score (nSPS) is 21.5. The maximum absolute atomic E-state index is 12.3. The van der Waals surface area contributed by atoms with Crippen molar-refractivity contribution in [1.29, 1.82) is 0 Å². The number of thioether (sulfide) groups is 1. The maximum atomic E-state index is 12.3. The fourth-order valence-corrected chi connectivity index (χ4v) is 3.98. The highest BCUT2D eigenvalue weighted by atomic mass is 32.2. The van der Waals surface area contributed by atoms with Crippen LogP contribution in [-0.2, 0) is 6.42 Å². The van der Waals surface area contributed by atoms with Crippen molar-refractivity contribution in [1.82, 2.24) is 4.90 Å². The molecule has 1 aromatic rings. The molecule has 3 rings (SSSR count). The summed E-state index contributed by atoms with van der Waals surface area (Å²) in [4.78, 5) is 14.5. The zero-order chi connectivity index (χ0) is 13.2. The van der Waals surface area contributed by atoms with Crippen LogP contribution in [0.1, 0.15) is 22.3 Å². The minimum absolute atomic E-state index is 0.217. The topological polar surface area (TPSA) is 29.5 Å². The van der Waals surface area contributed by atoms with E-state index in [9.17, 15) is 4.79 Å². The largest absolute Gasteiger partial charge is 0.493 e. The molecule has 1 atom stereocenters. The van der Waals surface area contributed by atoms with E-state index in [2.05, 4.69) is 11.9 Å². The molecule has 1 aromatic carbocycles. The van der Waals surface area contributed by atoms with Crippen molar-refractivity contribution < 1.29 is 9.53 Å². The maximum Gasteiger partial charge on any atom is 0.176 e. The molecule has 0 radical (unpaired) electrons. The van der Waals surface area contributed by atoms with E-state index in [4.69, 9.17) is 4.74 Å². The Kier molecular flexibility index (Phi) is 3.80. The highest BCUT2D eigenvalue weighted by Gasteiger charge is 2.22. The van der Waals surface area contributed by atoms with Crippen molar-refractivity contribution in [3.05, 3.63) is 29.3 Å². The van der Waals surface area contributed by atoms with Crippen LogP contribution < -0.4 is 4.74 Å². The van der Waals surface area contributed by atoms with Gasteiger partial charge in [-0.1, -0.05) is 0 Å². The lowest BCUT2D eigenvalue weighted by Crippen LogP contribution is -2.35. The molecular formula is C15H19NO2S. The molecule has 0 spiro atoms. The van der Waals surface area contributed by atoms with Gasteiger partial charge in [0, 0.05) is 23.8 Å². The molecule has 2 aliphatic heterocycles. The van der Waals surface area contributed by atoms with E-state index < -0.39 is 0 Å². The molecule has 0 bridgehead atoms. The van der Waals surface area contributed by atoms with Crippen molar-refractivity contribution in [2.75, 3.05) is 31.7 Å². The van der Waals surface area contributed by atoms with Gasteiger partial charge in [0.25, 0.3) is 0 Å². The summed E-state index contributed by atoms with van der Waals surface area (Å²) in [5.74, 6) is 3.53. The van der Waals surface area contributed by atoms with Crippen molar-refractivity contribution in [3.8, 4) is 5.75 Å². The predicted octanol–water partition coefficient (Wildman–Crippen LogP) is 2.24. The Morgan fingerprint density at radius 1 is 1.53 bits per heavy atom. The standard InChI is InChI=1S/C15H19NO2S/c1-16(13-5-7-19-10-13)9-14(17)11-2-3-15-12(8-11)4-6-18-15/h2-3,8,13H,4-7,9-10H2,1H3. The van der Waals surface area contributed by atoms with Crippen LogP contribution in [0, 0.1) is 0 Å². The van der Waals surface area contributed by atoms with E-state index in [1.165, 1.54) is 17.7 Å². The third-order valence-electron chi connectivity index (χ3n) is 3.93. The van der Waals surface area contributed by atoms with Crippen LogP contribution >= 0.6 is 11.8 Å². The number of carbonyl (C=O) groups excluding carboxylic acids is 1. The number of ether oxygens (including phenoxy) is 1. The van der Waals surface area contributed by atoms with Gasteiger partial charge in [-0.05, 0) is 43.0 Å². The molecule has 19 heavy (non-hydrogen) atoms. The first-order valence-electron chi connectivity index (χ1n) is 6.81. The smallest absolute Gasteiger partial charge is 0.176 e. The molecule has 0 aromatic heterocycles. The summed E-state index contributed by atoms with van der Waals surface area (Å²) < 4.78 is 5.47. The second kappa shape index (κ2) is 5.55. The predicted molar refractivity (Wildman–Crippen MR) is 78.3 cm³/mol. The lowest BCUT2D eigenvalue weighted by molar-refractivity contribution is 0.0926. The first-order chi connectivity index (χ1) is 9.24. The average molecular weight is 277 g/mol. The van der Waals surface area contributed by atoms with Crippen molar-refractivity contribution >= 4 is 17.5 Å². The molecule has 4 heteroatoms. The molecule has 2 aliphatic rings. The van der Waals surface area contributed by atoms with E-state index in [1.807, 2.05) is 30.0 Å². The molecule has 0 N–H and O–H groups in total. The molecule has 0 aliphatic carbocycles. The highest BCUT2D eigenvalue weighted by molar-refractivity contribution is 7.99. The molecule has 0 amide bonds. The van der Waals surface area contributed by atoms with Crippen LogP contribution in [0.2, 0.25) is 0 Å². The monoisotopic (exact) mass is 277 g/mol. The Bertz CT molecular complexity index is 483. The zero-order valence-electron chi connectivity index (χ0n) is 11.2. The highest BCUT2D eigenvalue weighted by Crippen LogP contribution is 2.26. The van der Waals surface area contributed by atoms with Gasteiger partial charge in [-0.15, -0.1) is 0 Å². The SMILES string of the molecule is CN(CC(=O)c1ccc2c(c1)CCO2)C1CCSC1. The number of ketones is 1. The summed E-state index contributed by atoms with van der Waals surface area (Å²) >= 11 is 1.98. The summed E-state index contributed by atoms with van der Waals surface area (Å²) in [6, 6.07) is 6.39. The Hall–Kier alpha value is -1.000. The average Bonchev–Trinajstić information content (AvgIpc) is 3.09. The van der Waals surface area contributed by atoms with Gasteiger partial charge >= 0.3 is 0 Å². The van der Waals surface area contributed by atoms with Gasteiger partial charge in [-0.2, -0.15) is 11.8 Å². The number of carbonyl (C=O) groups is 1. The minimum atomic E-state index is 0.217. The fraction of sp³-hybridized carbons (Fsp3) is 0.533. The van der Waals surface area contributed by atoms with Gasteiger partial charge in [0.1, 0.15) is 5.75 Å². The molecule has 1 fully saturated rings. The van der Waals surface area contributed by atoms with Crippen LogP contribution in [0.4, 0.5) is 0 Å². The van der Waals surface area contributed by atoms with Gasteiger partial charge in [0.05, 0.1) is 13.2 Å². The molecule has 3 nitrogen and oxygen atoms in total. The van der Waals surface area contributed by atoms with E-state index >= 15 is 0 Å². The van der Waals surface area contributed by atoms with Crippen molar-refractivity contribution in [3.63, 3.8) is 0 Å². The third-order valence-corrected chi connectivity index (χ3v) is 5.08. The zero-order valence-corrected chi connectivity index (χ0v) is 12.0. The van der Waals surface area contributed by atoms with E-state index in [-0.39, 0.29) is 5.78 Å². The second-order valence-corrected chi connectivity index (χ2v) is 6.43. The molecule has 0 saturated carbocycles. The minimum Gasteiger partial charge on any atom is -0.493 e. The molecule has 1 saturated heterocycles. The quantitative estimate of drug-likeness (QED) is 0.790. The van der Waals surface area contributed by atoms with Crippen LogP contribution in [0.15, 0.2) is 18.2 Å². The third kappa shape index (κ3) is 2.79. The van der Waals surface area contributed by atoms with Crippen LogP contribution in [0.25, 0.3) is 0 Å². The second-order valence-electron chi connectivity index (χ2n) is 5.28. The fourth-order valence-electron chi connectivity index (χ4n) is 2.68. The number of benzene rings is 1. The lowest BCUT2D eigenvalue weighted by Gasteiger charge is -2.22. The Balaban J connectivity index is 1.66. The molecule has 102 valence electrons. The van der Waals surface area contributed by atoms with E-state index in [0.29, 0.717) is 12.6 Å². The summed E-state index contributed by atoms with van der Waals surface area (Å²) in [5, 5.41) is 0. The molecule has 2 heterocycles. The van der Waals surface area contributed by atoms with Gasteiger partial charge in [0.2, 0.25) is 0 Å². The number of hydrogen-bond acceptors (Lipinski definition) is 4. The van der Waals surface area contributed by atoms with Crippen LogP contribution in [0.3, 0.4) is 0 Å². The number of hydrogen-bond donors (Lipinski definition) is 0. The Morgan fingerprint density at radius 3 is 3.21 bits per heavy atom. The Labute approximate surface area is 118 Å². The first kappa shape index (κ1) is 13.0. The number of nitrogens with zero attached hydrogens (tertiary/aromatic N) is 1. The number of likely N-dealkylation sites (N-methyl/N-ethyl adjacent to an activating group) is 1. The number of Topliss-reactive ketones (excluding diaryl/α,β-unsaturated/α-hetero) is 1. The molecule has 1 unspecified atom stereocenters. The number of rotatable bonds is 4. The summed E-state index contributed by atoms with van der Waals surface area (Å²) in [6.07, 6.45) is 2.12. The van der Waals surface area contributed by atoms with Crippen LogP contribution in [-0.4, -0.2) is 48.4 Å². The van der Waals surface area contributed by atoms with Gasteiger partial charge in [-0.25, -0.2) is 0 Å². The lowest BCUT2D eigenvalue weighted by atomic mass is 10.0. The summed E-state index contributed by atoms with van der Waals surface area (Å²) in [5.41, 5.74) is 1.99. The van der Waals surface area contributed by atoms with Gasteiger partial charge in [-0.3, -0.25) is 9.69 Å². The van der Waals surface area contributed by atoms with E-state index in [0.717, 1.165) is 30.1 Å². The van der Waals surface area contributed by atoms with Crippen molar-refractivity contribution in [2.45, 2.75) is 18.9 Å². The van der Waals surface area contributed by atoms with Gasteiger partial charge in [0.15, 0.2) is 5.78 Å². The number of fused-ring (bicyclic) bond motifs is 1.